The van der Waals surface area contributed by atoms with Gasteiger partial charge in [-0.3, -0.25) is 4.68 Å². The summed E-state index contributed by atoms with van der Waals surface area (Å²) in [5.74, 6) is 0.676. The van der Waals surface area contributed by atoms with E-state index in [1.165, 1.54) is 12.1 Å². The lowest BCUT2D eigenvalue weighted by Gasteiger charge is -2.15. The van der Waals surface area contributed by atoms with Crippen LogP contribution in [0.5, 0.6) is 0 Å². The van der Waals surface area contributed by atoms with E-state index in [-0.39, 0.29) is 11.9 Å². The second-order valence-corrected chi connectivity index (χ2v) is 6.38. The molecule has 6 heteroatoms. The van der Waals surface area contributed by atoms with Crippen LogP contribution in [0.3, 0.4) is 0 Å². The van der Waals surface area contributed by atoms with Crippen molar-refractivity contribution >= 4 is 23.4 Å². The molecule has 1 aromatic heterocycles. The number of rotatable bonds is 6. The highest BCUT2D eigenvalue weighted by atomic mass is 35.5. The molecule has 0 spiro atoms. The van der Waals surface area contributed by atoms with Gasteiger partial charge in [-0.25, -0.2) is 4.39 Å². The largest absolute Gasteiger partial charge is 0.316 e. The summed E-state index contributed by atoms with van der Waals surface area (Å²) in [6.45, 7) is 1.97. The number of benzene rings is 1. The Balaban J connectivity index is 1.98. The van der Waals surface area contributed by atoms with E-state index in [2.05, 4.69) is 10.4 Å². The molecule has 21 heavy (non-hydrogen) atoms. The summed E-state index contributed by atoms with van der Waals surface area (Å²) in [4.78, 5) is 1.06. The lowest BCUT2D eigenvalue weighted by molar-refractivity contribution is 0.615. The fraction of sp³-hybridized carbons (Fsp3) is 0.400. The number of likely N-dealkylation sites (N-methyl/N-ethyl adjacent to an activating group) is 1. The highest BCUT2D eigenvalue weighted by Gasteiger charge is 2.16. The van der Waals surface area contributed by atoms with Crippen molar-refractivity contribution in [3.05, 3.63) is 46.5 Å². The fourth-order valence-electron chi connectivity index (χ4n) is 2.12. The molecule has 114 valence electrons. The van der Waals surface area contributed by atoms with Crippen LogP contribution in [-0.2, 0) is 13.5 Å². The molecule has 0 bridgehead atoms. The van der Waals surface area contributed by atoms with E-state index in [1.54, 1.807) is 28.6 Å². The Morgan fingerprint density at radius 2 is 2.05 bits per heavy atom. The van der Waals surface area contributed by atoms with Crippen LogP contribution in [0.1, 0.15) is 11.3 Å². The maximum atomic E-state index is 12.9. The van der Waals surface area contributed by atoms with E-state index < -0.39 is 0 Å². The molecule has 0 aliphatic heterocycles. The molecule has 1 unspecified atom stereocenters. The van der Waals surface area contributed by atoms with Gasteiger partial charge in [0.1, 0.15) is 11.0 Å². The van der Waals surface area contributed by atoms with E-state index >= 15 is 0 Å². The summed E-state index contributed by atoms with van der Waals surface area (Å²) >= 11 is 7.97. The molecule has 2 aromatic rings. The van der Waals surface area contributed by atoms with Crippen molar-refractivity contribution in [2.45, 2.75) is 24.3 Å². The minimum Gasteiger partial charge on any atom is -0.316 e. The monoisotopic (exact) mass is 327 g/mol. The minimum absolute atomic E-state index is 0.206. The predicted octanol–water partition coefficient (Wildman–Crippen LogP) is 3.44. The van der Waals surface area contributed by atoms with Crippen LogP contribution in [-0.4, -0.2) is 28.6 Å². The second kappa shape index (κ2) is 7.29. The van der Waals surface area contributed by atoms with Crippen LogP contribution in [0, 0.1) is 12.7 Å². The van der Waals surface area contributed by atoms with E-state index in [0.29, 0.717) is 5.15 Å². The SMILES string of the molecule is CNC(CSc1ccc(F)cc1)Cc1c(C)nn(C)c1Cl. The first-order valence-corrected chi connectivity index (χ1v) is 8.11. The molecule has 0 aliphatic rings. The van der Waals surface area contributed by atoms with Crippen LogP contribution in [0.2, 0.25) is 5.15 Å². The Labute approximate surface area is 133 Å². The summed E-state index contributed by atoms with van der Waals surface area (Å²) in [5, 5.41) is 8.33. The number of nitrogens with one attached hydrogen (secondary N) is 1. The zero-order valence-electron chi connectivity index (χ0n) is 12.4. The van der Waals surface area contributed by atoms with Crippen LogP contribution in [0.4, 0.5) is 4.39 Å². The summed E-state index contributed by atoms with van der Waals surface area (Å²) < 4.78 is 14.6. The molecule has 1 N–H and O–H groups in total. The Bertz CT molecular complexity index is 598. The van der Waals surface area contributed by atoms with E-state index in [1.807, 2.05) is 21.0 Å². The smallest absolute Gasteiger partial charge is 0.130 e. The minimum atomic E-state index is -0.206. The quantitative estimate of drug-likeness (QED) is 0.824. The number of thioether (sulfide) groups is 1. The van der Waals surface area contributed by atoms with Crippen molar-refractivity contribution in [2.75, 3.05) is 12.8 Å². The molecule has 1 atom stereocenters. The van der Waals surface area contributed by atoms with Crippen molar-refractivity contribution in [1.82, 2.24) is 15.1 Å². The average molecular weight is 328 g/mol. The fourth-order valence-corrected chi connectivity index (χ4v) is 3.38. The van der Waals surface area contributed by atoms with Crippen molar-refractivity contribution in [1.29, 1.82) is 0 Å². The van der Waals surface area contributed by atoms with Gasteiger partial charge in [0.2, 0.25) is 0 Å². The molecule has 2 rings (SSSR count). The Morgan fingerprint density at radius 1 is 1.38 bits per heavy atom. The molecule has 1 heterocycles. The topological polar surface area (TPSA) is 29.9 Å². The Kier molecular flexibility index (Phi) is 5.67. The lowest BCUT2D eigenvalue weighted by Crippen LogP contribution is -2.30. The first-order valence-electron chi connectivity index (χ1n) is 6.75. The molecule has 0 saturated carbocycles. The summed E-state index contributed by atoms with van der Waals surface area (Å²) in [7, 11) is 3.79. The van der Waals surface area contributed by atoms with Gasteiger partial charge in [0, 0.05) is 29.3 Å². The van der Waals surface area contributed by atoms with Crippen molar-refractivity contribution in [3.63, 3.8) is 0 Å². The number of aromatic nitrogens is 2. The third-order valence-corrected chi connectivity index (χ3v) is 5.04. The third-order valence-electron chi connectivity index (χ3n) is 3.39. The maximum absolute atomic E-state index is 12.9. The third kappa shape index (κ3) is 4.22. The van der Waals surface area contributed by atoms with Crippen LogP contribution >= 0.6 is 23.4 Å². The molecule has 0 fully saturated rings. The number of nitrogens with zero attached hydrogens (tertiary/aromatic N) is 2. The van der Waals surface area contributed by atoms with Crippen LogP contribution < -0.4 is 5.32 Å². The zero-order chi connectivity index (χ0) is 15.4. The average Bonchev–Trinajstić information content (AvgIpc) is 2.71. The standard InChI is InChI=1S/C15H19ClFN3S/c1-10-14(15(16)20(3)19-10)8-12(18-2)9-21-13-6-4-11(17)5-7-13/h4-7,12,18H,8-9H2,1-3H3. The Hall–Kier alpha value is -1.04. The highest BCUT2D eigenvalue weighted by Crippen LogP contribution is 2.23. The summed E-state index contributed by atoms with van der Waals surface area (Å²) in [5.41, 5.74) is 2.05. The van der Waals surface area contributed by atoms with Crippen molar-refractivity contribution in [3.8, 4) is 0 Å². The van der Waals surface area contributed by atoms with E-state index in [4.69, 9.17) is 11.6 Å². The van der Waals surface area contributed by atoms with Gasteiger partial charge in [-0.2, -0.15) is 5.10 Å². The first kappa shape index (κ1) is 16.3. The molecular formula is C15H19ClFN3S. The van der Waals surface area contributed by atoms with Gasteiger partial charge in [-0.1, -0.05) is 11.6 Å². The lowest BCUT2D eigenvalue weighted by atomic mass is 10.1. The van der Waals surface area contributed by atoms with Gasteiger partial charge >= 0.3 is 0 Å². The first-order chi connectivity index (χ1) is 10.0. The molecule has 0 aliphatic carbocycles. The molecule has 0 radical (unpaired) electrons. The van der Waals surface area contributed by atoms with Gasteiger partial charge in [0.25, 0.3) is 0 Å². The van der Waals surface area contributed by atoms with Crippen LogP contribution in [0.15, 0.2) is 29.2 Å². The van der Waals surface area contributed by atoms with Gasteiger partial charge < -0.3 is 5.32 Å². The number of aryl methyl sites for hydroxylation is 2. The van der Waals surface area contributed by atoms with E-state index in [0.717, 1.165) is 28.3 Å². The molecular weight excluding hydrogens is 309 g/mol. The number of hydrogen-bond acceptors (Lipinski definition) is 3. The van der Waals surface area contributed by atoms with Gasteiger partial charge in [-0.15, -0.1) is 11.8 Å². The predicted molar refractivity (Wildman–Crippen MR) is 86.6 cm³/mol. The van der Waals surface area contributed by atoms with Crippen molar-refractivity contribution in [2.24, 2.45) is 7.05 Å². The second-order valence-electron chi connectivity index (χ2n) is 4.93. The number of hydrogen-bond donors (Lipinski definition) is 1. The highest BCUT2D eigenvalue weighted by molar-refractivity contribution is 7.99. The van der Waals surface area contributed by atoms with Gasteiger partial charge in [0.15, 0.2) is 0 Å². The van der Waals surface area contributed by atoms with Gasteiger partial charge in [-0.05, 0) is 44.7 Å². The van der Waals surface area contributed by atoms with Gasteiger partial charge in [0.05, 0.1) is 5.69 Å². The van der Waals surface area contributed by atoms with Crippen LogP contribution in [0.25, 0.3) is 0 Å². The Morgan fingerprint density at radius 3 is 2.57 bits per heavy atom. The molecule has 0 amide bonds. The van der Waals surface area contributed by atoms with E-state index in [9.17, 15) is 4.39 Å². The maximum Gasteiger partial charge on any atom is 0.130 e. The zero-order valence-corrected chi connectivity index (χ0v) is 13.9. The molecule has 0 saturated heterocycles. The summed E-state index contributed by atoms with van der Waals surface area (Å²) in [6, 6.07) is 6.85. The molecule has 1 aromatic carbocycles. The normalized spacial score (nSPS) is 12.6. The number of halogens is 2. The summed E-state index contributed by atoms with van der Waals surface area (Å²) in [6.07, 6.45) is 0.823. The molecule has 3 nitrogen and oxygen atoms in total. The van der Waals surface area contributed by atoms with Crippen molar-refractivity contribution < 1.29 is 4.39 Å².